The van der Waals surface area contributed by atoms with E-state index in [0.29, 0.717) is 18.7 Å². The van der Waals surface area contributed by atoms with Crippen LogP contribution >= 0.6 is 11.8 Å². The number of amides is 2. The van der Waals surface area contributed by atoms with E-state index in [2.05, 4.69) is 5.32 Å². The second kappa shape index (κ2) is 8.55. The van der Waals surface area contributed by atoms with Crippen molar-refractivity contribution in [3.05, 3.63) is 24.3 Å². The summed E-state index contributed by atoms with van der Waals surface area (Å²) in [6.07, 6.45) is 2.07. The summed E-state index contributed by atoms with van der Waals surface area (Å²) in [6, 6.07) is 7.35. The molecule has 0 aliphatic rings. The lowest BCUT2D eigenvalue weighted by molar-refractivity contribution is -0.116. The van der Waals surface area contributed by atoms with Crippen LogP contribution in [0.25, 0.3) is 0 Å². The molecule has 0 bridgehead atoms. The maximum Gasteiger partial charge on any atom is 0.227 e. The fraction of sp³-hybridized carbons (Fsp3) is 0.385. The first-order valence-corrected chi connectivity index (χ1v) is 7.12. The summed E-state index contributed by atoms with van der Waals surface area (Å²) in [5.74, 6) is -0.227. The van der Waals surface area contributed by atoms with Gasteiger partial charge in [0.1, 0.15) is 0 Å². The molecule has 0 saturated carbocycles. The molecule has 0 atom stereocenters. The number of hydrogen-bond acceptors (Lipinski definition) is 4. The molecular formula is C13H19N3O2S. The first kappa shape index (κ1) is 15.5. The molecule has 19 heavy (non-hydrogen) atoms. The maximum absolute atomic E-state index is 11.7. The summed E-state index contributed by atoms with van der Waals surface area (Å²) in [5.41, 5.74) is 11.2. The third kappa shape index (κ3) is 6.26. The average Bonchev–Trinajstić information content (AvgIpc) is 2.38. The predicted molar refractivity (Wildman–Crippen MR) is 77.9 cm³/mol. The number of nitrogens with two attached hydrogens (primary N) is 2. The first-order valence-electron chi connectivity index (χ1n) is 6.13. The predicted octanol–water partition coefficient (Wildman–Crippen LogP) is 1.33. The quantitative estimate of drug-likeness (QED) is 0.494. The summed E-state index contributed by atoms with van der Waals surface area (Å²) < 4.78 is 0. The van der Waals surface area contributed by atoms with Crippen molar-refractivity contribution >= 4 is 29.3 Å². The lowest BCUT2D eigenvalue weighted by Gasteiger charge is -2.09. The second-order valence-corrected chi connectivity index (χ2v) is 5.06. The van der Waals surface area contributed by atoms with E-state index >= 15 is 0 Å². The van der Waals surface area contributed by atoms with Gasteiger partial charge in [-0.3, -0.25) is 9.59 Å². The van der Waals surface area contributed by atoms with Gasteiger partial charge in [0, 0.05) is 11.3 Å². The molecule has 0 unspecified atom stereocenters. The Bertz CT molecular complexity index is 438. The SMILES string of the molecule is NCCCCC(=O)Nc1ccccc1SCC(N)=O. The fourth-order valence-corrected chi connectivity index (χ4v) is 2.23. The molecule has 0 radical (unpaired) electrons. The van der Waals surface area contributed by atoms with Gasteiger partial charge in [0.15, 0.2) is 0 Å². The summed E-state index contributed by atoms with van der Waals surface area (Å²) >= 11 is 1.32. The van der Waals surface area contributed by atoms with E-state index in [1.54, 1.807) is 0 Å². The van der Waals surface area contributed by atoms with Crippen molar-refractivity contribution in [3.63, 3.8) is 0 Å². The van der Waals surface area contributed by atoms with Crippen molar-refractivity contribution in [3.8, 4) is 0 Å². The van der Waals surface area contributed by atoms with Crippen LogP contribution in [0.5, 0.6) is 0 Å². The van der Waals surface area contributed by atoms with Crippen LogP contribution in [0.1, 0.15) is 19.3 Å². The number of carbonyl (C=O) groups is 2. The number of nitrogens with one attached hydrogen (secondary N) is 1. The Kier molecular flexibility index (Phi) is 6.99. The molecule has 0 spiro atoms. The number of unbranched alkanes of at least 4 members (excludes halogenated alkanes) is 1. The van der Waals surface area contributed by atoms with Crippen LogP contribution in [0.15, 0.2) is 29.2 Å². The van der Waals surface area contributed by atoms with Crippen molar-refractivity contribution < 1.29 is 9.59 Å². The summed E-state index contributed by atoms with van der Waals surface area (Å²) in [4.78, 5) is 23.3. The number of carbonyl (C=O) groups excluding carboxylic acids is 2. The minimum atomic E-state index is -0.380. The Hall–Kier alpha value is -1.53. The highest BCUT2D eigenvalue weighted by molar-refractivity contribution is 8.00. The van der Waals surface area contributed by atoms with Gasteiger partial charge in [0.2, 0.25) is 11.8 Å². The number of rotatable bonds is 8. The van der Waals surface area contributed by atoms with Gasteiger partial charge in [0.25, 0.3) is 0 Å². The van der Waals surface area contributed by atoms with Crippen LogP contribution < -0.4 is 16.8 Å². The highest BCUT2D eigenvalue weighted by Gasteiger charge is 2.07. The maximum atomic E-state index is 11.7. The first-order chi connectivity index (χ1) is 9.13. The number of benzene rings is 1. The van der Waals surface area contributed by atoms with Crippen LogP contribution in [0.4, 0.5) is 5.69 Å². The zero-order valence-corrected chi connectivity index (χ0v) is 11.5. The van der Waals surface area contributed by atoms with Crippen molar-refractivity contribution in [2.75, 3.05) is 17.6 Å². The van der Waals surface area contributed by atoms with Crippen molar-refractivity contribution in [1.82, 2.24) is 0 Å². The van der Waals surface area contributed by atoms with Gasteiger partial charge in [0.05, 0.1) is 11.4 Å². The molecule has 1 rings (SSSR count). The molecular weight excluding hydrogens is 262 g/mol. The lowest BCUT2D eigenvalue weighted by Crippen LogP contribution is -2.14. The third-order valence-electron chi connectivity index (χ3n) is 2.39. The van der Waals surface area contributed by atoms with Gasteiger partial charge in [-0.1, -0.05) is 12.1 Å². The highest BCUT2D eigenvalue weighted by atomic mass is 32.2. The molecule has 6 heteroatoms. The van der Waals surface area contributed by atoms with E-state index < -0.39 is 0 Å². The van der Waals surface area contributed by atoms with Crippen LogP contribution in [-0.2, 0) is 9.59 Å². The molecule has 2 amide bonds. The van der Waals surface area contributed by atoms with E-state index in [-0.39, 0.29) is 17.6 Å². The Morgan fingerprint density at radius 1 is 1.21 bits per heavy atom. The van der Waals surface area contributed by atoms with E-state index in [4.69, 9.17) is 11.5 Å². The molecule has 0 aliphatic heterocycles. The van der Waals surface area contributed by atoms with Crippen LogP contribution in [-0.4, -0.2) is 24.1 Å². The number of primary amides is 1. The normalized spacial score (nSPS) is 10.2. The van der Waals surface area contributed by atoms with Crippen molar-refractivity contribution in [2.24, 2.45) is 11.5 Å². The zero-order valence-electron chi connectivity index (χ0n) is 10.7. The van der Waals surface area contributed by atoms with E-state index in [0.717, 1.165) is 17.7 Å². The molecule has 0 aromatic heterocycles. The molecule has 0 fully saturated rings. The van der Waals surface area contributed by atoms with Gasteiger partial charge in [-0.2, -0.15) is 0 Å². The minimum absolute atomic E-state index is 0.0411. The lowest BCUT2D eigenvalue weighted by atomic mass is 10.2. The smallest absolute Gasteiger partial charge is 0.227 e. The topological polar surface area (TPSA) is 98.2 Å². The summed E-state index contributed by atoms with van der Waals surface area (Å²) in [7, 11) is 0. The number of anilines is 1. The minimum Gasteiger partial charge on any atom is -0.369 e. The van der Waals surface area contributed by atoms with Crippen LogP contribution in [0.3, 0.4) is 0 Å². The van der Waals surface area contributed by atoms with Crippen LogP contribution in [0, 0.1) is 0 Å². The molecule has 104 valence electrons. The Morgan fingerprint density at radius 3 is 2.63 bits per heavy atom. The monoisotopic (exact) mass is 281 g/mol. The van der Waals surface area contributed by atoms with Crippen molar-refractivity contribution in [1.29, 1.82) is 0 Å². The van der Waals surface area contributed by atoms with E-state index in [9.17, 15) is 9.59 Å². The van der Waals surface area contributed by atoms with Gasteiger partial charge < -0.3 is 16.8 Å². The Morgan fingerprint density at radius 2 is 1.95 bits per heavy atom. The van der Waals surface area contributed by atoms with Crippen LogP contribution in [0.2, 0.25) is 0 Å². The molecule has 5 N–H and O–H groups in total. The fourth-order valence-electron chi connectivity index (χ4n) is 1.49. The van der Waals surface area contributed by atoms with E-state index in [1.165, 1.54) is 11.8 Å². The average molecular weight is 281 g/mol. The largest absolute Gasteiger partial charge is 0.369 e. The Balaban J connectivity index is 2.56. The second-order valence-electron chi connectivity index (χ2n) is 4.05. The zero-order chi connectivity index (χ0) is 14.1. The molecule has 1 aromatic rings. The molecule has 5 nitrogen and oxygen atoms in total. The van der Waals surface area contributed by atoms with E-state index in [1.807, 2.05) is 24.3 Å². The van der Waals surface area contributed by atoms with Gasteiger partial charge in [-0.15, -0.1) is 11.8 Å². The number of thioether (sulfide) groups is 1. The Labute approximate surface area is 117 Å². The summed E-state index contributed by atoms with van der Waals surface area (Å²) in [5, 5.41) is 2.84. The molecule has 0 aliphatic carbocycles. The molecule has 1 aromatic carbocycles. The molecule has 0 heterocycles. The number of hydrogen-bond donors (Lipinski definition) is 3. The third-order valence-corrected chi connectivity index (χ3v) is 3.48. The van der Waals surface area contributed by atoms with Crippen molar-refractivity contribution in [2.45, 2.75) is 24.2 Å². The highest BCUT2D eigenvalue weighted by Crippen LogP contribution is 2.26. The summed E-state index contributed by atoms with van der Waals surface area (Å²) in [6.45, 7) is 0.596. The van der Waals surface area contributed by atoms with Gasteiger partial charge in [-0.05, 0) is 31.5 Å². The van der Waals surface area contributed by atoms with Gasteiger partial charge >= 0.3 is 0 Å². The van der Waals surface area contributed by atoms with Gasteiger partial charge in [-0.25, -0.2) is 0 Å². The molecule has 0 saturated heterocycles. The standard InChI is InChI=1S/C13H19N3O2S/c14-8-4-3-7-13(18)16-10-5-1-2-6-11(10)19-9-12(15)17/h1-2,5-6H,3-4,7-9,14H2,(H2,15,17)(H,16,18). The number of para-hydroxylation sites is 1.